The first-order valence-electron chi connectivity index (χ1n) is 6.45. The molecule has 0 aromatic heterocycles. The van der Waals surface area contributed by atoms with Crippen molar-refractivity contribution < 1.29 is 19.4 Å². The quantitative estimate of drug-likeness (QED) is 0.789. The zero-order valence-corrected chi connectivity index (χ0v) is 11.2. The Morgan fingerprint density at radius 1 is 1.47 bits per heavy atom. The maximum atomic E-state index is 11.3. The summed E-state index contributed by atoms with van der Waals surface area (Å²) in [7, 11) is 1.55. The van der Waals surface area contributed by atoms with Crippen LogP contribution < -0.4 is 14.8 Å². The van der Waals surface area contributed by atoms with E-state index >= 15 is 0 Å². The summed E-state index contributed by atoms with van der Waals surface area (Å²) in [6, 6.07) is 4.86. The molecular formula is C14H19NO4. The molecule has 2 N–H and O–H groups in total. The molecule has 1 atom stereocenters. The molecule has 0 spiro atoms. The molecular weight excluding hydrogens is 246 g/mol. The zero-order valence-electron chi connectivity index (χ0n) is 11.2. The number of hydrogen-bond acceptors (Lipinski definition) is 4. The minimum Gasteiger partial charge on any atom is -0.493 e. The van der Waals surface area contributed by atoms with Crippen LogP contribution in [0.25, 0.3) is 0 Å². The summed E-state index contributed by atoms with van der Waals surface area (Å²) < 4.78 is 10.7. The molecule has 2 rings (SSSR count). The fourth-order valence-electron chi connectivity index (χ4n) is 1.93. The van der Waals surface area contributed by atoms with Crippen LogP contribution in [0, 0.1) is 0 Å². The second-order valence-corrected chi connectivity index (χ2v) is 4.56. The third kappa shape index (κ3) is 3.38. The van der Waals surface area contributed by atoms with Gasteiger partial charge in [-0.05, 0) is 37.5 Å². The van der Waals surface area contributed by atoms with E-state index in [1.54, 1.807) is 25.3 Å². The molecule has 0 saturated heterocycles. The van der Waals surface area contributed by atoms with Crippen molar-refractivity contribution in [1.82, 2.24) is 5.32 Å². The molecule has 1 aliphatic carbocycles. The maximum Gasteiger partial charge on any atom is 0.325 e. The summed E-state index contributed by atoms with van der Waals surface area (Å²) in [6.45, 7) is 2.43. The Morgan fingerprint density at radius 3 is 2.74 bits per heavy atom. The molecule has 0 heterocycles. The number of rotatable bonds is 7. The van der Waals surface area contributed by atoms with Gasteiger partial charge >= 0.3 is 5.97 Å². The van der Waals surface area contributed by atoms with Crippen molar-refractivity contribution in [2.45, 2.75) is 31.8 Å². The molecule has 104 valence electrons. The SMILES string of the molecule is CCOc1ccc(C(NC2CC2)C(=O)O)cc1OC. The van der Waals surface area contributed by atoms with E-state index in [4.69, 9.17) is 9.47 Å². The second-order valence-electron chi connectivity index (χ2n) is 4.56. The van der Waals surface area contributed by atoms with Crippen LogP contribution in [0.5, 0.6) is 11.5 Å². The molecule has 1 fully saturated rings. The van der Waals surface area contributed by atoms with Gasteiger partial charge in [0.05, 0.1) is 13.7 Å². The van der Waals surface area contributed by atoms with Gasteiger partial charge in [0.15, 0.2) is 11.5 Å². The zero-order chi connectivity index (χ0) is 13.8. The number of hydrogen-bond donors (Lipinski definition) is 2. The number of carbonyl (C=O) groups is 1. The molecule has 5 nitrogen and oxygen atoms in total. The van der Waals surface area contributed by atoms with E-state index in [1.165, 1.54) is 0 Å². The molecule has 0 amide bonds. The summed E-state index contributed by atoms with van der Waals surface area (Å²) in [6.07, 6.45) is 2.08. The fourth-order valence-corrected chi connectivity index (χ4v) is 1.93. The number of ether oxygens (including phenoxy) is 2. The standard InChI is InChI=1S/C14H19NO4/c1-3-19-11-7-4-9(8-12(11)18-2)13(14(16)17)15-10-5-6-10/h4,7-8,10,13,15H,3,5-6H2,1-2H3,(H,16,17). The second kappa shape index (κ2) is 5.93. The van der Waals surface area contributed by atoms with Crippen molar-refractivity contribution in [3.05, 3.63) is 23.8 Å². The Hall–Kier alpha value is -1.75. The highest BCUT2D eigenvalue weighted by molar-refractivity contribution is 5.76. The van der Waals surface area contributed by atoms with Gasteiger partial charge in [0.25, 0.3) is 0 Å². The molecule has 1 aliphatic rings. The van der Waals surface area contributed by atoms with Gasteiger partial charge < -0.3 is 14.6 Å². The summed E-state index contributed by atoms with van der Waals surface area (Å²) in [5.41, 5.74) is 0.680. The van der Waals surface area contributed by atoms with Gasteiger partial charge in [0.1, 0.15) is 6.04 Å². The first-order chi connectivity index (χ1) is 9.15. The van der Waals surface area contributed by atoms with E-state index in [-0.39, 0.29) is 0 Å². The van der Waals surface area contributed by atoms with Crippen LogP contribution in [0.4, 0.5) is 0 Å². The van der Waals surface area contributed by atoms with Crippen LogP contribution in [0.1, 0.15) is 31.4 Å². The molecule has 0 aliphatic heterocycles. The Bertz CT molecular complexity index is 457. The van der Waals surface area contributed by atoms with E-state index < -0.39 is 12.0 Å². The lowest BCUT2D eigenvalue weighted by Crippen LogP contribution is -2.30. The van der Waals surface area contributed by atoms with Gasteiger partial charge in [-0.2, -0.15) is 0 Å². The van der Waals surface area contributed by atoms with Gasteiger partial charge in [-0.3, -0.25) is 10.1 Å². The lowest BCUT2D eigenvalue weighted by atomic mass is 10.1. The van der Waals surface area contributed by atoms with Crippen molar-refractivity contribution in [3.8, 4) is 11.5 Å². The van der Waals surface area contributed by atoms with E-state index in [0.29, 0.717) is 29.7 Å². The highest BCUT2D eigenvalue weighted by Crippen LogP contribution is 2.32. The topological polar surface area (TPSA) is 67.8 Å². The van der Waals surface area contributed by atoms with Gasteiger partial charge in [0, 0.05) is 6.04 Å². The van der Waals surface area contributed by atoms with Crippen LogP contribution in [0.15, 0.2) is 18.2 Å². The third-order valence-electron chi connectivity index (χ3n) is 3.05. The van der Waals surface area contributed by atoms with E-state index in [0.717, 1.165) is 12.8 Å². The Kier molecular flexibility index (Phi) is 4.27. The first kappa shape index (κ1) is 13.7. The highest BCUT2D eigenvalue weighted by atomic mass is 16.5. The van der Waals surface area contributed by atoms with Crippen molar-refractivity contribution in [1.29, 1.82) is 0 Å². The van der Waals surface area contributed by atoms with Crippen LogP contribution >= 0.6 is 0 Å². The van der Waals surface area contributed by atoms with Crippen LogP contribution in [0.3, 0.4) is 0 Å². The van der Waals surface area contributed by atoms with Crippen LogP contribution in [0.2, 0.25) is 0 Å². The molecule has 1 unspecified atom stereocenters. The monoisotopic (exact) mass is 265 g/mol. The number of nitrogens with one attached hydrogen (secondary N) is 1. The normalized spacial score (nSPS) is 15.9. The minimum absolute atomic E-state index is 0.318. The van der Waals surface area contributed by atoms with Crippen molar-refractivity contribution in [3.63, 3.8) is 0 Å². The number of carboxylic acids is 1. The predicted molar refractivity (Wildman–Crippen MR) is 70.7 cm³/mol. The maximum absolute atomic E-state index is 11.3. The van der Waals surface area contributed by atoms with Crippen molar-refractivity contribution in [2.24, 2.45) is 0 Å². The van der Waals surface area contributed by atoms with Gasteiger partial charge in [-0.1, -0.05) is 6.07 Å². The van der Waals surface area contributed by atoms with E-state index in [1.807, 2.05) is 6.92 Å². The van der Waals surface area contributed by atoms with Crippen LogP contribution in [-0.2, 0) is 4.79 Å². The van der Waals surface area contributed by atoms with E-state index in [9.17, 15) is 9.90 Å². The summed E-state index contributed by atoms with van der Waals surface area (Å²) in [5.74, 6) is 0.311. The minimum atomic E-state index is -0.877. The number of carboxylic acid groups (broad SMARTS) is 1. The lowest BCUT2D eigenvalue weighted by Gasteiger charge is -2.17. The van der Waals surface area contributed by atoms with Crippen molar-refractivity contribution >= 4 is 5.97 Å². The third-order valence-corrected chi connectivity index (χ3v) is 3.05. The van der Waals surface area contributed by atoms with Crippen molar-refractivity contribution in [2.75, 3.05) is 13.7 Å². The van der Waals surface area contributed by atoms with Gasteiger partial charge in [0.2, 0.25) is 0 Å². The highest BCUT2D eigenvalue weighted by Gasteiger charge is 2.29. The average molecular weight is 265 g/mol. The summed E-state index contributed by atoms with van der Waals surface area (Å²) in [4.78, 5) is 11.3. The Balaban J connectivity index is 2.23. The number of benzene rings is 1. The van der Waals surface area contributed by atoms with E-state index in [2.05, 4.69) is 5.32 Å². The Labute approximate surface area is 112 Å². The molecule has 1 saturated carbocycles. The summed E-state index contributed by atoms with van der Waals surface area (Å²) in [5, 5.41) is 12.4. The average Bonchev–Trinajstić information content (AvgIpc) is 3.20. The fraction of sp³-hybridized carbons (Fsp3) is 0.500. The Morgan fingerprint density at radius 2 is 2.21 bits per heavy atom. The lowest BCUT2D eigenvalue weighted by molar-refractivity contribution is -0.139. The molecule has 1 aromatic carbocycles. The van der Waals surface area contributed by atoms with Gasteiger partial charge in [-0.15, -0.1) is 0 Å². The molecule has 19 heavy (non-hydrogen) atoms. The largest absolute Gasteiger partial charge is 0.493 e. The first-order valence-corrected chi connectivity index (χ1v) is 6.45. The smallest absolute Gasteiger partial charge is 0.325 e. The number of methoxy groups -OCH3 is 1. The summed E-state index contributed by atoms with van der Waals surface area (Å²) >= 11 is 0. The predicted octanol–water partition coefficient (Wildman–Crippen LogP) is 1.97. The molecule has 1 aromatic rings. The molecule has 0 radical (unpaired) electrons. The number of aliphatic carboxylic acids is 1. The van der Waals surface area contributed by atoms with Crippen LogP contribution in [-0.4, -0.2) is 30.8 Å². The molecule has 5 heteroatoms. The molecule has 0 bridgehead atoms. The van der Waals surface area contributed by atoms with Gasteiger partial charge in [-0.25, -0.2) is 0 Å².